The molecule has 4 heteroatoms. The number of hydrogen-bond acceptors (Lipinski definition) is 2. The predicted octanol–water partition coefficient (Wildman–Crippen LogP) is 2.08. The number of rotatable bonds is 2. The maximum absolute atomic E-state index is 13.8. The van der Waals surface area contributed by atoms with Crippen molar-refractivity contribution in [2.24, 2.45) is 11.7 Å². The molecule has 1 saturated heterocycles. The first-order valence-corrected chi connectivity index (χ1v) is 5.83. The minimum atomic E-state index is -0.216. The molecule has 1 aliphatic rings. The Morgan fingerprint density at radius 3 is 2.88 bits per heavy atom. The lowest BCUT2D eigenvalue weighted by Crippen LogP contribution is -2.22. The van der Waals surface area contributed by atoms with Gasteiger partial charge in [-0.05, 0) is 31.6 Å². The van der Waals surface area contributed by atoms with Crippen LogP contribution in [0.1, 0.15) is 11.5 Å². The molecule has 0 aromatic heterocycles. The molecule has 1 aromatic rings. The molecular formula is C12H16ClFN2. The molecule has 0 spiro atoms. The smallest absolute Gasteiger partial charge is 0.128 e. The van der Waals surface area contributed by atoms with Crippen LogP contribution in [-0.2, 0) is 0 Å². The molecule has 1 aliphatic heterocycles. The van der Waals surface area contributed by atoms with Gasteiger partial charge in [-0.3, -0.25) is 0 Å². The lowest BCUT2D eigenvalue weighted by molar-refractivity contribution is 0.396. The summed E-state index contributed by atoms with van der Waals surface area (Å²) in [6.07, 6.45) is 0. The van der Waals surface area contributed by atoms with Crippen LogP contribution in [0.4, 0.5) is 4.39 Å². The summed E-state index contributed by atoms with van der Waals surface area (Å²) in [5.74, 6) is 0.189. The highest BCUT2D eigenvalue weighted by molar-refractivity contribution is 6.31. The normalized spacial score (nSPS) is 26.2. The second-order valence-corrected chi connectivity index (χ2v) is 4.87. The van der Waals surface area contributed by atoms with E-state index in [1.165, 1.54) is 6.07 Å². The van der Waals surface area contributed by atoms with Gasteiger partial charge in [-0.15, -0.1) is 0 Å². The number of hydrogen-bond donors (Lipinski definition) is 1. The van der Waals surface area contributed by atoms with Crippen molar-refractivity contribution in [3.05, 3.63) is 34.6 Å². The van der Waals surface area contributed by atoms with E-state index in [2.05, 4.69) is 4.90 Å². The molecule has 2 nitrogen and oxygen atoms in total. The molecule has 2 atom stereocenters. The van der Waals surface area contributed by atoms with Gasteiger partial charge in [0.2, 0.25) is 0 Å². The molecule has 0 bridgehead atoms. The van der Waals surface area contributed by atoms with Gasteiger partial charge >= 0.3 is 0 Å². The van der Waals surface area contributed by atoms with Crippen LogP contribution in [-0.4, -0.2) is 31.6 Å². The minimum Gasteiger partial charge on any atom is -0.330 e. The quantitative estimate of drug-likeness (QED) is 0.861. The first-order chi connectivity index (χ1) is 7.63. The van der Waals surface area contributed by atoms with Crippen LogP contribution in [0.25, 0.3) is 0 Å². The van der Waals surface area contributed by atoms with E-state index >= 15 is 0 Å². The average molecular weight is 243 g/mol. The van der Waals surface area contributed by atoms with Gasteiger partial charge < -0.3 is 10.6 Å². The fourth-order valence-electron chi connectivity index (χ4n) is 2.52. The van der Waals surface area contributed by atoms with Crippen molar-refractivity contribution in [2.45, 2.75) is 5.92 Å². The highest BCUT2D eigenvalue weighted by Gasteiger charge is 2.33. The van der Waals surface area contributed by atoms with E-state index in [9.17, 15) is 4.39 Å². The SMILES string of the molecule is CN1CC(CN)C(c2c(F)cccc2Cl)C1. The van der Waals surface area contributed by atoms with Gasteiger partial charge in [0.15, 0.2) is 0 Å². The zero-order valence-electron chi connectivity index (χ0n) is 9.29. The Kier molecular flexibility index (Phi) is 3.47. The number of nitrogens with two attached hydrogens (primary N) is 1. The van der Waals surface area contributed by atoms with Crippen molar-refractivity contribution in [2.75, 3.05) is 26.7 Å². The molecule has 2 unspecified atom stereocenters. The van der Waals surface area contributed by atoms with Gasteiger partial charge in [-0.25, -0.2) is 4.39 Å². The van der Waals surface area contributed by atoms with E-state index in [1.54, 1.807) is 12.1 Å². The van der Waals surface area contributed by atoms with Crippen molar-refractivity contribution in [1.82, 2.24) is 4.90 Å². The van der Waals surface area contributed by atoms with Crippen LogP contribution in [0.2, 0.25) is 5.02 Å². The van der Waals surface area contributed by atoms with Gasteiger partial charge in [0, 0.05) is 29.6 Å². The molecular weight excluding hydrogens is 227 g/mol. The van der Waals surface area contributed by atoms with E-state index in [0.29, 0.717) is 23.0 Å². The molecule has 1 aromatic carbocycles. The Bertz CT molecular complexity index is 363. The number of likely N-dealkylation sites (tertiary alicyclic amines) is 1. The van der Waals surface area contributed by atoms with Gasteiger partial charge in [0.25, 0.3) is 0 Å². The summed E-state index contributed by atoms with van der Waals surface area (Å²) in [7, 11) is 2.03. The largest absolute Gasteiger partial charge is 0.330 e. The second kappa shape index (κ2) is 4.70. The zero-order valence-corrected chi connectivity index (χ0v) is 10.0. The summed E-state index contributed by atoms with van der Waals surface area (Å²) >= 11 is 6.08. The molecule has 1 fully saturated rings. The monoisotopic (exact) mass is 242 g/mol. The second-order valence-electron chi connectivity index (χ2n) is 4.46. The predicted molar refractivity (Wildman–Crippen MR) is 64.2 cm³/mol. The number of halogens is 2. The highest BCUT2D eigenvalue weighted by atomic mass is 35.5. The maximum atomic E-state index is 13.8. The number of benzene rings is 1. The molecule has 2 rings (SSSR count). The third kappa shape index (κ3) is 2.08. The lowest BCUT2D eigenvalue weighted by Gasteiger charge is -2.18. The lowest BCUT2D eigenvalue weighted by atomic mass is 9.88. The van der Waals surface area contributed by atoms with Crippen LogP contribution in [0, 0.1) is 11.7 Å². The molecule has 16 heavy (non-hydrogen) atoms. The maximum Gasteiger partial charge on any atom is 0.128 e. The summed E-state index contributed by atoms with van der Waals surface area (Å²) in [5, 5.41) is 0.513. The van der Waals surface area contributed by atoms with E-state index < -0.39 is 0 Å². The highest BCUT2D eigenvalue weighted by Crippen LogP contribution is 2.36. The Morgan fingerprint density at radius 1 is 1.50 bits per heavy atom. The number of nitrogens with zero attached hydrogens (tertiary/aromatic N) is 1. The van der Waals surface area contributed by atoms with Crippen LogP contribution < -0.4 is 5.73 Å². The van der Waals surface area contributed by atoms with Gasteiger partial charge in [0.05, 0.1) is 0 Å². The van der Waals surface area contributed by atoms with Crippen molar-refractivity contribution < 1.29 is 4.39 Å². The summed E-state index contributed by atoms with van der Waals surface area (Å²) < 4.78 is 13.8. The van der Waals surface area contributed by atoms with Crippen LogP contribution in [0.5, 0.6) is 0 Å². The first-order valence-electron chi connectivity index (χ1n) is 5.46. The summed E-state index contributed by atoms with van der Waals surface area (Å²) in [6, 6.07) is 4.84. The Balaban J connectivity index is 2.36. The van der Waals surface area contributed by atoms with Crippen molar-refractivity contribution in [1.29, 1.82) is 0 Å². The molecule has 0 amide bonds. The van der Waals surface area contributed by atoms with Crippen LogP contribution in [0.15, 0.2) is 18.2 Å². The van der Waals surface area contributed by atoms with Gasteiger partial charge in [-0.1, -0.05) is 17.7 Å². The molecule has 0 aliphatic carbocycles. The van der Waals surface area contributed by atoms with Gasteiger partial charge in [0.1, 0.15) is 5.82 Å². The van der Waals surface area contributed by atoms with Crippen molar-refractivity contribution >= 4 is 11.6 Å². The Labute approximate surface area is 100 Å². The third-order valence-corrected chi connectivity index (χ3v) is 3.63. The Hall–Kier alpha value is -0.640. The van der Waals surface area contributed by atoms with Crippen LogP contribution in [0.3, 0.4) is 0 Å². The first kappa shape index (κ1) is 11.8. The molecule has 1 heterocycles. The fourth-order valence-corrected chi connectivity index (χ4v) is 2.82. The summed E-state index contributed by atoms with van der Waals surface area (Å²) in [6.45, 7) is 2.30. The van der Waals surface area contributed by atoms with E-state index in [4.69, 9.17) is 17.3 Å². The molecule has 2 N–H and O–H groups in total. The van der Waals surface area contributed by atoms with Gasteiger partial charge in [-0.2, -0.15) is 0 Å². The van der Waals surface area contributed by atoms with Crippen molar-refractivity contribution in [3.8, 4) is 0 Å². The third-order valence-electron chi connectivity index (χ3n) is 3.30. The Morgan fingerprint density at radius 2 is 2.25 bits per heavy atom. The standard InChI is InChI=1S/C12H16ClFN2/c1-16-6-8(5-15)9(7-16)12-10(13)3-2-4-11(12)14/h2-4,8-9H,5-7,15H2,1H3. The molecule has 88 valence electrons. The molecule has 0 radical (unpaired) electrons. The number of likely N-dealkylation sites (N-methyl/N-ethyl adjacent to an activating group) is 1. The summed E-state index contributed by atoms with van der Waals surface area (Å²) in [5.41, 5.74) is 6.36. The van der Waals surface area contributed by atoms with E-state index in [0.717, 1.165) is 13.1 Å². The topological polar surface area (TPSA) is 29.3 Å². The minimum absolute atomic E-state index is 0.115. The molecule has 0 saturated carbocycles. The van der Waals surface area contributed by atoms with E-state index in [1.807, 2.05) is 7.05 Å². The van der Waals surface area contributed by atoms with Crippen LogP contribution >= 0.6 is 11.6 Å². The zero-order chi connectivity index (χ0) is 11.7. The summed E-state index contributed by atoms with van der Waals surface area (Å²) in [4.78, 5) is 2.17. The average Bonchev–Trinajstić information content (AvgIpc) is 2.59. The van der Waals surface area contributed by atoms with Crippen molar-refractivity contribution in [3.63, 3.8) is 0 Å². The fraction of sp³-hybridized carbons (Fsp3) is 0.500. The van der Waals surface area contributed by atoms with E-state index in [-0.39, 0.29) is 11.7 Å².